The molecule has 4 rings (SSSR count). The van der Waals surface area contributed by atoms with E-state index in [9.17, 15) is 39.7 Å². The average Bonchev–Trinajstić information content (AvgIpc) is 3.52. The van der Waals surface area contributed by atoms with Gasteiger partial charge in [-0.2, -0.15) is 12.6 Å². The van der Waals surface area contributed by atoms with Gasteiger partial charge in [0.15, 0.2) is 0 Å². The molecule has 2 saturated heterocycles. The first-order valence-corrected chi connectivity index (χ1v) is 12.9. The molecule has 2 aromatic carbocycles. The van der Waals surface area contributed by atoms with Crippen LogP contribution >= 0.6 is 12.6 Å². The van der Waals surface area contributed by atoms with E-state index in [1.165, 1.54) is 53.4 Å². The van der Waals surface area contributed by atoms with Crippen LogP contribution in [0.4, 0.5) is 21.0 Å². The van der Waals surface area contributed by atoms with Crippen molar-refractivity contribution in [3.63, 3.8) is 0 Å². The summed E-state index contributed by atoms with van der Waals surface area (Å²) >= 11 is 4.47. The Balaban J connectivity index is 1.41. The van der Waals surface area contributed by atoms with Crippen molar-refractivity contribution in [1.82, 2.24) is 15.1 Å². The van der Waals surface area contributed by atoms with E-state index in [2.05, 4.69) is 17.9 Å². The van der Waals surface area contributed by atoms with Gasteiger partial charge in [0.1, 0.15) is 12.1 Å². The van der Waals surface area contributed by atoms with Crippen LogP contribution in [-0.2, 0) is 22.6 Å². The molecule has 2 heterocycles. The zero-order chi connectivity index (χ0) is 29.0. The van der Waals surface area contributed by atoms with Crippen molar-refractivity contribution < 1.29 is 34.1 Å². The van der Waals surface area contributed by atoms with Crippen LogP contribution in [0.2, 0.25) is 0 Å². The third kappa shape index (κ3) is 6.25. The fraction of sp³-hybridized carbons (Fsp3) is 0.400. The van der Waals surface area contributed by atoms with Gasteiger partial charge in [0.2, 0.25) is 5.91 Å². The highest BCUT2D eigenvalue weighted by molar-refractivity contribution is 7.81. The molecule has 0 aromatic heterocycles. The smallest absolute Gasteiger partial charge is 0.408 e. The van der Waals surface area contributed by atoms with Crippen LogP contribution in [0.3, 0.4) is 0 Å². The molecule has 0 saturated carbocycles. The summed E-state index contributed by atoms with van der Waals surface area (Å²) < 4.78 is 5.21. The Bertz CT molecular complexity index is 1310. The van der Waals surface area contributed by atoms with Gasteiger partial charge in [0.25, 0.3) is 11.4 Å². The molecule has 2 aliphatic heterocycles. The van der Waals surface area contributed by atoms with Gasteiger partial charge in [-0.05, 0) is 36.1 Å². The second kappa shape index (κ2) is 11.8. The molecule has 40 heavy (non-hydrogen) atoms. The number of hydrogen-bond acceptors (Lipinski definition) is 9. The molecule has 2 aromatic rings. The number of nitrogens with zero attached hydrogens (tertiary/aromatic N) is 4. The highest BCUT2D eigenvalue weighted by Gasteiger charge is 2.55. The topological polar surface area (TPSA) is 185 Å². The third-order valence-electron chi connectivity index (χ3n) is 7.07. The first-order chi connectivity index (χ1) is 19.0. The van der Waals surface area contributed by atoms with Gasteiger partial charge in [-0.25, -0.2) is 9.59 Å². The molecular formula is C25H27N5O9S. The minimum Gasteiger partial charge on any atom is -0.465 e. The minimum atomic E-state index is -1.46. The van der Waals surface area contributed by atoms with E-state index < -0.39 is 39.5 Å². The highest BCUT2D eigenvalue weighted by Crippen LogP contribution is 2.38. The minimum absolute atomic E-state index is 0.0130. The van der Waals surface area contributed by atoms with Gasteiger partial charge in [0, 0.05) is 55.6 Å². The highest BCUT2D eigenvalue weighted by atomic mass is 32.1. The lowest BCUT2D eigenvalue weighted by atomic mass is 9.86. The fourth-order valence-corrected chi connectivity index (χ4v) is 5.62. The number of hydrogen-bond donors (Lipinski definition) is 3. The van der Waals surface area contributed by atoms with Gasteiger partial charge in [-0.3, -0.25) is 29.9 Å². The molecule has 3 atom stereocenters. The van der Waals surface area contributed by atoms with E-state index in [1.54, 1.807) is 0 Å². The molecule has 15 heteroatoms. The van der Waals surface area contributed by atoms with E-state index in [0.717, 1.165) is 4.90 Å². The number of benzene rings is 2. The number of nitro groups is 2. The fourth-order valence-electron chi connectivity index (χ4n) is 5.16. The monoisotopic (exact) mass is 573 g/mol. The average molecular weight is 574 g/mol. The lowest BCUT2D eigenvalue weighted by Crippen LogP contribution is -2.59. The number of nitrogens with one attached hydrogen (secondary N) is 1. The van der Waals surface area contributed by atoms with E-state index in [1.807, 2.05) is 0 Å². The Morgan fingerprint density at radius 3 is 2.12 bits per heavy atom. The molecule has 0 unspecified atom stereocenters. The summed E-state index contributed by atoms with van der Waals surface area (Å²) in [4.78, 5) is 61.8. The summed E-state index contributed by atoms with van der Waals surface area (Å²) in [5.41, 5.74) is -0.528. The number of rotatable bonds is 8. The number of thiol groups is 1. The van der Waals surface area contributed by atoms with E-state index in [4.69, 9.17) is 4.74 Å². The maximum atomic E-state index is 13.9. The number of ether oxygens (including phenoxy) is 1. The predicted molar refractivity (Wildman–Crippen MR) is 143 cm³/mol. The number of amides is 3. The summed E-state index contributed by atoms with van der Waals surface area (Å²) in [5, 5.41) is 34.1. The number of likely N-dealkylation sites (tertiary alicyclic amines) is 2. The van der Waals surface area contributed by atoms with Gasteiger partial charge < -0.3 is 20.1 Å². The summed E-state index contributed by atoms with van der Waals surface area (Å²) in [5.74, 6) is -0.423. The van der Waals surface area contributed by atoms with Crippen molar-refractivity contribution >= 4 is 42.1 Å². The number of carbonyl (C=O) groups is 3. The summed E-state index contributed by atoms with van der Waals surface area (Å²) in [7, 11) is 0. The molecule has 212 valence electrons. The summed E-state index contributed by atoms with van der Waals surface area (Å²) in [6, 6.07) is 10.8. The van der Waals surface area contributed by atoms with Crippen molar-refractivity contribution in [3.8, 4) is 0 Å². The van der Waals surface area contributed by atoms with Crippen molar-refractivity contribution in [1.29, 1.82) is 0 Å². The second-order valence-corrected chi connectivity index (χ2v) is 10.5. The van der Waals surface area contributed by atoms with Crippen LogP contribution in [0.5, 0.6) is 0 Å². The molecule has 2 aliphatic rings. The Morgan fingerprint density at radius 1 is 1.00 bits per heavy atom. The van der Waals surface area contributed by atoms with Crippen LogP contribution in [0.15, 0.2) is 48.5 Å². The first kappa shape index (κ1) is 28.6. The Hall–Kier alpha value is -4.40. The zero-order valence-electron chi connectivity index (χ0n) is 21.2. The lowest BCUT2D eigenvalue weighted by Gasteiger charge is -2.38. The number of non-ortho nitro benzene ring substituents is 2. The molecule has 0 spiro atoms. The second-order valence-electron chi connectivity index (χ2n) is 9.76. The van der Waals surface area contributed by atoms with E-state index in [0.29, 0.717) is 17.5 Å². The van der Waals surface area contributed by atoms with Crippen molar-refractivity contribution in [2.75, 3.05) is 19.6 Å². The maximum absolute atomic E-state index is 13.9. The molecule has 0 aliphatic carbocycles. The van der Waals surface area contributed by atoms with Crippen molar-refractivity contribution in [3.05, 3.63) is 79.9 Å². The standard InChI is InChI=1S/C25H27N5O9S/c31-22(25(12-21(40)14-28(25)24(33)34)11-16-1-5-19(6-2-16)29(35)36)27-10-9-18(13-27)26-23(32)39-15-17-3-7-20(8-4-17)30(37)38/h1-8,18,21,40H,9-15H2,(H,26,32)(H,33,34)/t18-,21-,25+/m1/s1. The van der Waals surface area contributed by atoms with Crippen LogP contribution in [0.25, 0.3) is 0 Å². The number of alkyl carbamates (subject to hydrolysis) is 1. The van der Waals surface area contributed by atoms with E-state index >= 15 is 0 Å². The maximum Gasteiger partial charge on any atom is 0.408 e. The molecule has 3 amide bonds. The third-order valence-corrected chi connectivity index (χ3v) is 7.42. The molecule has 2 fully saturated rings. The predicted octanol–water partition coefficient (Wildman–Crippen LogP) is 2.99. The normalized spacial score (nSPS) is 22.1. The van der Waals surface area contributed by atoms with Gasteiger partial charge in [0.05, 0.1) is 15.9 Å². The zero-order valence-corrected chi connectivity index (χ0v) is 22.1. The van der Waals surface area contributed by atoms with Crippen molar-refractivity contribution in [2.45, 2.75) is 42.7 Å². The quantitative estimate of drug-likeness (QED) is 0.242. The van der Waals surface area contributed by atoms with Crippen molar-refractivity contribution in [2.24, 2.45) is 0 Å². The van der Waals surface area contributed by atoms with Gasteiger partial charge in [-0.1, -0.05) is 12.1 Å². The number of nitro benzene ring substituents is 2. The molecular weight excluding hydrogens is 546 g/mol. The Labute approximate surface area is 233 Å². The van der Waals surface area contributed by atoms with Crippen LogP contribution in [0, 0.1) is 20.2 Å². The molecule has 0 radical (unpaired) electrons. The molecule has 2 N–H and O–H groups in total. The number of carboxylic acid groups (broad SMARTS) is 1. The summed E-state index contributed by atoms with van der Waals surface area (Å²) in [6.45, 7) is 0.354. The van der Waals surface area contributed by atoms with Crippen LogP contribution in [-0.4, -0.2) is 79.3 Å². The number of carbonyl (C=O) groups excluding carboxylic acids is 2. The molecule has 14 nitrogen and oxygen atoms in total. The van der Waals surface area contributed by atoms with Gasteiger partial charge >= 0.3 is 12.2 Å². The lowest BCUT2D eigenvalue weighted by molar-refractivity contribution is -0.385. The van der Waals surface area contributed by atoms with Gasteiger partial charge in [-0.15, -0.1) is 0 Å². The Kier molecular flexibility index (Phi) is 8.42. The van der Waals surface area contributed by atoms with E-state index in [-0.39, 0.29) is 55.7 Å². The largest absolute Gasteiger partial charge is 0.465 e. The van der Waals surface area contributed by atoms with Crippen LogP contribution in [0.1, 0.15) is 24.0 Å². The SMILES string of the molecule is O=C(N[C@@H]1CCN(C(=O)[C@]2(Cc3ccc([N+](=O)[O-])cc3)C[C@@H](S)CN2C(=O)O)C1)OCc1ccc([N+](=O)[O-])cc1. The van der Waals surface area contributed by atoms with Crippen LogP contribution < -0.4 is 5.32 Å². The Morgan fingerprint density at radius 2 is 1.57 bits per heavy atom. The molecule has 0 bridgehead atoms. The first-order valence-electron chi connectivity index (χ1n) is 12.4. The summed E-state index contributed by atoms with van der Waals surface area (Å²) in [6.07, 6.45) is -1.40.